The SMILES string of the molecule is C=CC(=O)N1CCN(c2nc(OC[C@@H]3C[C@@H](OCCOCCOCCOCCOCCOc4ccc5c(c4)C(=O)N(C4CCC(=O)NC4=O)C5)CN3C)nc3c2CCN(c2cccc4ccccc24)C3)C[C@@H]1CC#N. The second-order valence-electron chi connectivity index (χ2n) is 19.3. The highest BCUT2D eigenvalue weighted by Crippen LogP contribution is 2.36. The van der Waals surface area contributed by atoms with Crippen LogP contribution < -0.4 is 24.6 Å². The predicted octanol–water partition coefficient (Wildman–Crippen LogP) is 3.68. The third kappa shape index (κ3) is 13.2. The fraction of sp³-hybridized carbons (Fsp3) is 0.509. The lowest BCUT2D eigenvalue weighted by atomic mass is 10.0. The summed E-state index contributed by atoms with van der Waals surface area (Å²) < 4.78 is 41.2. The molecule has 1 unspecified atom stereocenters. The highest BCUT2D eigenvalue weighted by Gasteiger charge is 2.40. The third-order valence-electron chi connectivity index (χ3n) is 14.4. The number of piperidine rings is 1. The van der Waals surface area contributed by atoms with Crippen LogP contribution in [0.1, 0.15) is 52.9 Å². The van der Waals surface area contributed by atoms with Crippen molar-refractivity contribution in [3.8, 4) is 17.8 Å². The summed E-state index contributed by atoms with van der Waals surface area (Å²) in [4.78, 5) is 69.8. The molecular formula is C55H67N9O11. The van der Waals surface area contributed by atoms with Gasteiger partial charge < -0.3 is 52.8 Å². The van der Waals surface area contributed by atoms with Crippen LogP contribution in [0, 0.1) is 11.3 Å². The smallest absolute Gasteiger partial charge is 0.318 e. The number of piperazine rings is 1. The van der Waals surface area contributed by atoms with Crippen molar-refractivity contribution in [3.05, 3.63) is 95.7 Å². The summed E-state index contributed by atoms with van der Waals surface area (Å²) in [6, 6.07) is 21.9. The Bertz CT molecular complexity index is 2710. The van der Waals surface area contributed by atoms with E-state index in [1.807, 2.05) is 6.07 Å². The Morgan fingerprint density at radius 2 is 1.56 bits per heavy atom. The van der Waals surface area contributed by atoms with Crippen molar-refractivity contribution in [3.63, 3.8) is 0 Å². The zero-order valence-electron chi connectivity index (χ0n) is 42.7. The Morgan fingerprint density at radius 3 is 2.32 bits per heavy atom. The van der Waals surface area contributed by atoms with E-state index < -0.39 is 11.9 Å². The lowest BCUT2D eigenvalue weighted by Gasteiger charge is -2.42. The number of ether oxygens (including phenoxy) is 7. The Labute approximate surface area is 437 Å². The summed E-state index contributed by atoms with van der Waals surface area (Å²) >= 11 is 0. The van der Waals surface area contributed by atoms with Gasteiger partial charge in [-0.1, -0.05) is 49.0 Å². The van der Waals surface area contributed by atoms with Crippen molar-refractivity contribution in [2.24, 2.45) is 0 Å². The molecule has 6 heterocycles. The van der Waals surface area contributed by atoms with Gasteiger partial charge in [-0.3, -0.25) is 29.4 Å². The molecule has 0 radical (unpaired) electrons. The maximum absolute atomic E-state index is 13.1. The summed E-state index contributed by atoms with van der Waals surface area (Å²) in [5, 5.41) is 14.4. The van der Waals surface area contributed by atoms with Crippen LogP contribution in [0.3, 0.4) is 0 Å². The van der Waals surface area contributed by atoms with Gasteiger partial charge in [-0.15, -0.1) is 0 Å². The van der Waals surface area contributed by atoms with Crippen molar-refractivity contribution < 1.29 is 52.3 Å². The van der Waals surface area contributed by atoms with Gasteiger partial charge in [0.25, 0.3) is 5.91 Å². The maximum atomic E-state index is 13.1. The standard InChI is InChI=1S/C55H67N9O11/c1-3-51(66)63-20-19-62(34-40(63)15-17-56)52-45-16-18-61(48-10-6-8-38-7-4-5-9-44(38)48)36-47(45)57-55(59-52)75-37-41-31-43(35-60(41)2)74-30-28-72-26-24-70-22-21-69-23-25-71-27-29-73-42-12-11-39-33-64(54(68)46(39)32-42)49-13-14-50(65)58-53(49)67/h3-12,32,40-41,43,49H,1,13-16,18-31,33-37H2,2H3,(H,58,65,67)/t40-,41-,43+,49?/m0/s1. The number of aromatic nitrogens is 2. The van der Waals surface area contributed by atoms with Crippen LogP contribution in [0.5, 0.6) is 11.8 Å². The van der Waals surface area contributed by atoms with Gasteiger partial charge in [0, 0.05) is 73.9 Å². The first-order chi connectivity index (χ1) is 36.7. The van der Waals surface area contributed by atoms with Crippen LogP contribution in [0.2, 0.25) is 0 Å². The molecule has 0 aliphatic carbocycles. The van der Waals surface area contributed by atoms with Crippen molar-refractivity contribution in [2.75, 3.05) is 122 Å². The number of nitriles is 1. The number of likely N-dealkylation sites (N-methyl/N-ethyl adjacent to an activating group) is 1. The van der Waals surface area contributed by atoms with E-state index in [4.69, 9.17) is 43.1 Å². The second kappa shape index (κ2) is 25.7. The van der Waals surface area contributed by atoms with Crippen molar-refractivity contribution in [1.29, 1.82) is 5.26 Å². The average molecular weight is 1030 g/mol. The molecule has 20 heteroatoms. The van der Waals surface area contributed by atoms with Gasteiger partial charge in [-0.25, -0.2) is 0 Å². The molecule has 398 valence electrons. The predicted molar refractivity (Wildman–Crippen MR) is 276 cm³/mol. The molecule has 3 saturated heterocycles. The lowest BCUT2D eigenvalue weighted by Crippen LogP contribution is -2.55. The molecule has 4 aromatic rings. The summed E-state index contributed by atoms with van der Waals surface area (Å²) in [5.41, 5.74) is 4.47. The topological polar surface area (TPSA) is 211 Å². The third-order valence-corrected chi connectivity index (χ3v) is 14.4. The lowest BCUT2D eigenvalue weighted by molar-refractivity contribution is -0.137. The van der Waals surface area contributed by atoms with Crippen LogP contribution >= 0.6 is 0 Å². The van der Waals surface area contributed by atoms with Gasteiger partial charge in [0.05, 0.1) is 96.3 Å². The number of carbonyl (C=O) groups excluding carboxylic acids is 4. The minimum atomic E-state index is -0.654. The van der Waals surface area contributed by atoms with E-state index in [1.165, 1.54) is 21.7 Å². The molecule has 5 aliphatic rings. The van der Waals surface area contributed by atoms with Gasteiger partial charge in [-0.05, 0) is 61.5 Å². The molecule has 0 saturated carbocycles. The van der Waals surface area contributed by atoms with Crippen LogP contribution in [-0.2, 0) is 57.6 Å². The number of carbonyl (C=O) groups is 4. The van der Waals surface area contributed by atoms with Gasteiger partial charge in [-0.2, -0.15) is 15.2 Å². The largest absolute Gasteiger partial charge is 0.491 e. The Kier molecular flexibility index (Phi) is 18.2. The monoisotopic (exact) mass is 1030 g/mol. The molecule has 9 rings (SSSR count). The number of hydrogen-bond donors (Lipinski definition) is 1. The number of nitrogens with one attached hydrogen (secondary N) is 1. The van der Waals surface area contributed by atoms with E-state index in [9.17, 15) is 24.4 Å². The average Bonchev–Trinajstić information content (AvgIpc) is 3.95. The molecule has 3 aromatic carbocycles. The van der Waals surface area contributed by atoms with E-state index in [0.29, 0.717) is 129 Å². The molecule has 0 spiro atoms. The fourth-order valence-corrected chi connectivity index (χ4v) is 10.5. The number of anilines is 2. The second-order valence-corrected chi connectivity index (χ2v) is 19.3. The van der Waals surface area contributed by atoms with Crippen LogP contribution in [-0.4, -0.2) is 185 Å². The quantitative estimate of drug-likeness (QED) is 0.0570. The highest BCUT2D eigenvalue weighted by molar-refractivity contribution is 6.05. The molecular weight excluding hydrogens is 963 g/mol. The zero-order chi connectivity index (χ0) is 52.1. The highest BCUT2D eigenvalue weighted by atomic mass is 16.6. The van der Waals surface area contributed by atoms with E-state index in [2.05, 4.69) is 82.2 Å². The summed E-state index contributed by atoms with van der Waals surface area (Å²) in [7, 11) is 2.07. The number of likely N-dealkylation sites (tertiary alicyclic amines) is 1. The van der Waals surface area contributed by atoms with Crippen LogP contribution in [0.25, 0.3) is 10.8 Å². The molecule has 5 aliphatic heterocycles. The molecule has 4 amide bonds. The first-order valence-electron chi connectivity index (χ1n) is 26.0. The number of imide groups is 1. The van der Waals surface area contributed by atoms with Gasteiger partial charge in [0.1, 0.15) is 30.8 Å². The number of rotatable bonds is 25. The Balaban J connectivity index is 0.647. The van der Waals surface area contributed by atoms with E-state index in [1.54, 1.807) is 17.0 Å². The van der Waals surface area contributed by atoms with Gasteiger partial charge in [0.15, 0.2) is 0 Å². The zero-order valence-corrected chi connectivity index (χ0v) is 42.7. The fourth-order valence-electron chi connectivity index (χ4n) is 10.5. The van der Waals surface area contributed by atoms with Crippen molar-refractivity contribution in [1.82, 2.24) is 30.0 Å². The number of fused-ring (bicyclic) bond motifs is 3. The van der Waals surface area contributed by atoms with E-state index >= 15 is 0 Å². The van der Waals surface area contributed by atoms with E-state index in [0.717, 1.165) is 54.3 Å². The minimum Gasteiger partial charge on any atom is -0.491 e. The van der Waals surface area contributed by atoms with Gasteiger partial charge in [0.2, 0.25) is 17.7 Å². The van der Waals surface area contributed by atoms with Crippen LogP contribution in [0.4, 0.5) is 11.5 Å². The number of benzene rings is 3. The van der Waals surface area contributed by atoms with Crippen LogP contribution in [0.15, 0.2) is 73.3 Å². The first kappa shape index (κ1) is 53.1. The number of nitrogens with zero attached hydrogens (tertiary/aromatic N) is 8. The molecule has 1 N–H and O–H groups in total. The number of hydrogen-bond acceptors (Lipinski definition) is 17. The van der Waals surface area contributed by atoms with Gasteiger partial charge >= 0.3 is 6.01 Å². The molecule has 20 nitrogen and oxygen atoms in total. The van der Waals surface area contributed by atoms with E-state index in [-0.39, 0.29) is 48.8 Å². The maximum Gasteiger partial charge on any atom is 0.318 e. The molecule has 3 fully saturated rings. The first-order valence-corrected chi connectivity index (χ1v) is 26.0. The summed E-state index contributed by atoms with van der Waals surface area (Å²) in [5.74, 6) is 0.185. The molecule has 0 bridgehead atoms. The number of amides is 4. The molecule has 75 heavy (non-hydrogen) atoms. The molecule has 4 atom stereocenters. The summed E-state index contributed by atoms with van der Waals surface area (Å²) in [6.45, 7) is 12.1. The summed E-state index contributed by atoms with van der Waals surface area (Å²) in [6.07, 6.45) is 3.60. The normalized spacial score (nSPS) is 20.8. The van der Waals surface area contributed by atoms with Crippen molar-refractivity contribution in [2.45, 2.75) is 69.4 Å². The Hall–Kier alpha value is -6.73. The van der Waals surface area contributed by atoms with Crippen molar-refractivity contribution >= 4 is 45.9 Å². The molecule has 1 aromatic heterocycles. The minimum absolute atomic E-state index is 0.0244. The Morgan fingerprint density at radius 1 is 0.813 bits per heavy atom.